The molecule has 0 atom stereocenters. The van der Waals surface area contributed by atoms with E-state index in [9.17, 15) is 5.26 Å². The molecule has 1 saturated heterocycles. The second-order valence-electron chi connectivity index (χ2n) is 7.30. The standard InChI is InChI=1S/C23H25N5/c1-18-7-9-19(10-8-18)17-28-21(16-24)15-22(25)23(28)27-13-11-26(12-14-27)20-5-3-2-4-6-20/h2-10,15H,11-14,17,25H2,1H3. The topological polar surface area (TPSA) is 61.2 Å². The van der Waals surface area contributed by atoms with Gasteiger partial charge in [-0.05, 0) is 30.7 Å². The van der Waals surface area contributed by atoms with Crippen LogP contribution in [0.15, 0.2) is 60.7 Å². The maximum atomic E-state index is 9.61. The number of nitrogen functional groups attached to an aromatic ring is 1. The molecule has 2 N–H and O–H groups in total. The van der Waals surface area contributed by atoms with Crippen LogP contribution in [0.5, 0.6) is 0 Å². The summed E-state index contributed by atoms with van der Waals surface area (Å²) in [5.74, 6) is 0.963. The molecule has 5 nitrogen and oxygen atoms in total. The number of nitrogens with two attached hydrogens (primary N) is 1. The fourth-order valence-corrected chi connectivity index (χ4v) is 3.86. The summed E-state index contributed by atoms with van der Waals surface area (Å²) in [5.41, 5.74) is 11.3. The van der Waals surface area contributed by atoms with Gasteiger partial charge in [-0.3, -0.25) is 0 Å². The molecule has 1 aromatic heterocycles. The van der Waals surface area contributed by atoms with Crippen molar-refractivity contribution in [2.75, 3.05) is 41.7 Å². The molecule has 3 aromatic rings. The fraction of sp³-hybridized carbons (Fsp3) is 0.261. The van der Waals surface area contributed by atoms with Gasteiger partial charge in [-0.25, -0.2) is 0 Å². The van der Waals surface area contributed by atoms with Crippen LogP contribution in [0.4, 0.5) is 17.2 Å². The van der Waals surface area contributed by atoms with Crippen molar-refractivity contribution in [1.82, 2.24) is 4.57 Å². The molecule has 1 aliphatic heterocycles. The highest BCUT2D eigenvalue weighted by atomic mass is 15.3. The molecule has 0 aliphatic carbocycles. The lowest BCUT2D eigenvalue weighted by atomic mass is 10.1. The zero-order chi connectivity index (χ0) is 19.5. The minimum absolute atomic E-state index is 0.610. The predicted molar refractivity (Wildman–Crippen MR) is 115 cm³/mol. The Morgan fingerprint density at radius 1 is 0.929 bits per heavy atom. The smallest absolute Gasteiger partial charge is 0.133 e. The molecular formula is C23H25N5. The molecule has 0 saturated carbocycles. The van der Waals surface area contributed by atoms with Crippen LogP contribution in [0.3, 0.4) is 0 Å². The number of piperazine rings is 1. The number of anilines is 3. The van der Waals surface area contributed by atoms with E-state index >= 15 is 0 Å². The number of rotatable bonds is 4. The molecule has 1 aliphatic rings. The lowest BCUT2D eigenvalue weighted by Gasteiger charge is -2.38. The normalized spacial score (nSPS) is 14.1. The van der Waals surface area contributed by atoms with Gasteiger partial charge in [0, 0.05) is 31.9 Å². The van der Waals surface area contributed by atoms with Crippen LogP contribution < -0.4 is 15.5 Å². The van der Waals surface area contributed by atoms with Crippen LogP contribution in [-0.4, -0.2) is 30.7 Å². The van der Waals surface area contributed by atoms with E-state index in [-0.39, 0.29) is 0 Å². The van der Waals surface area contributed by atoms with Gasteiger partial charge in [0.05, 0.1) is 12.2 Å². The molecule has 28 heavy (non-hydrogen) atoms. The predicted octanol–water partition coefficient (Wildman–Crippen LogP) is 3.63. The third-order valence-corrected chi connectivity index (χ3v) is 5.37. The Bertz CT molecular complexity index is 974. The molecule has 4 rings (SSSR count). The Labute approximate surface area is 166 Å². The van der Waals surface area contributed by atoms with Gasteiger partial charge in [0.25, 0.3) is 0 Å². The lowest BCUT2D eigenvalue weighted by Crippen LogP contribution is -2.47. The van der Waals surface area contributed by atoms with Crippen molar-refractivity contribution in [2.24, 2.45) is 0 Å². The first kappa shape index (κ1) is 18.0. The molecule has 142 valence electrons. The molecule has 0 radical (unpaired) electrons. The second-order valence-corrected chi connectivity index (χ2v) is 7.30. The average molecular weight is 371 g/mol. The van der Waals surface area contributed by atoms with Gasteiger partial charge in [-0.2, -0.15) is 5.26 Å². The van der Waals surface area contributed by atoms with Crippen molar-refractivity contribution in [2.45, 2.75) is 13.5 Å². The molecule has 2 heterocycles. The van der Waals surface area contributed by atoms with E-state index < -0.39 is 0 Å². The summed E-state index contributed by atoms with van der Waals surface area (Å²) >= 11 is 0. The van der Waals surface area contributed by atoms with Gasteiger partial charge in [-0.15, -0.1) is 0 Å². The molecular weight excluding hydrogens is 346 g/mol. The Kier molecular flexibility index (Phi) is 4.94. The lowest BCUT2D eigenvalue weighted by molar-refractivity contribution is 0.629. The van der Waals surface area contributed by atoms with E-state index in [1.807, 2.05) is 6.07 Å². The maximum Gasteiger partial charge on any atom is 0.133 e. The van der Waals surface area contributed by atoms with Crippen molar-refractivity contribution in [3.8, 4) is 6.07 Å². The zero-order valence-corrected chi connectivity index (χ0v) is 16.2. The summed E-state index contributed by atoms with van der Waals surface area (Å²) in [6.07, 6.45) is 0. The number of nitriles is 1. The van der Waals surface area contributed by atoms with Crippen LogP contribution in [0.25, 0.3) is 0 Å². The van der Waals surface area contributed by atoms with Crippen LogP contribution in [-0.2, 0) is 6.54 Å². The Morgan fingerprint density at radius 2 is 1.57 bits per heavy atom. The molecule has 0 amide bonds. The van der Waals surface area contributed by atoms with E-state index in [0.717, 1.165) is 32.0 Å². The Morgan fingerprint density at radius 3 is 2.21 bits per heavy atom. The number of hydrogen-bond donors (Lipinski definition) is 1. The number of hydrogen-bond acceptors (Lipinski definition) is 4. The van der Waals surface area contributed by atoms with Gasteiger partial charge < -0.3 is 20.1 Å². The minimum Gasteiger partial charge on any atom is -0.396 e. The number of nitrogens with zero attached hydrogens (tertiary/aromatic N) is 4. The first-order valence-corrected chi connectivity index (χ1v) is 9.65. The first-order chi connectivity index (χ1) is 13.7. The largest absolute Gasteiger partial charge is 0.396 e. The maximum absolute atomic E-state index is 9.61. The third-order valence-electron chi connectivity index (χ3n) is 5.37. The molecule has 1 fully saturated rings. The van der Waals surface area contributed by atoms with Gasteiger partial charge in [0.15, 0.2) is 0 Å². The van der Waals surface area contributed by atoms with Crippen LogP contribution in [0.1, 0.15) is 16.8 Å². The summed E-state index contributed by atoms with van der Waals surface area (Å²) in [4.78, 5) is 4.70. The highest BCUT2D eigenvalue weighted by Gasteiger charge is 2.24. The van der Waals surface area contributed by atoms with Gasteiger partial charge >= 0.3 is 0 Å². The summed E-state index contributed by atoms with van der Waals surface area (Å²) < 4.78 is 2.05. The van der Waals surface area contributed by atoms with E-state index in [4.69, 9.17) is 5.73 Å². The molecule has 0 bridgehead atoms. The first-order valence-electron chi connectivity index (χ1n) is 9.65. The van der Waals surface area contributed by atoms with E-state index in [1.54, 1.807) is 6.07 Å². The van der Waals surface area contributed by atoms with Crippen LogP contribution in [0.2, 0.25) is 0 Å². The number of para-hydroxylation sites is 1. The van der Waals surface area contributed by atoms with Gasteiger partial charge in [-0.1, -0.05) is 48.0 Å². The summed E-state index contributed by atoms with van der Waals surface area (Å²) in [7, 11) is 0. The highest BCUT2D eigenvalue weighted by molar-refractivity contribution is 5.69. The van der Waals surface area contributed by atoms with Crippen LogP contribution in [0, 0.1) is 18.3 Å². The summed E-state index contributed by atoms with van der Waals surface area (Å²) in [6, 6.07) is 23.0. The second kappa shape index (κ2) is 7.69. The molecule has 0 spiro atoms. The van der Waals surface area contributed by atoms with Crippen molar-refractivity contribution < 1.29 is 0 Å². The number of aromatic nitrogens is 1. The molecule has 0 unspecified atom stereocenters. The summed E-state index contributed by atoms with van der Waals surface area (Å²) in [6.45, 7) is 6.34. The van der Waals surface area contributed by atoms with Crippen molar-refractivity contribution in [3.05, 3.63) is 77.5 Å². The van der Waals surface area contributed by atoms with Crippen molar-refractivity contribution in [1.29, 1.82) is 5.26 Å². The summed E-state index contributed by atoms with van der Waals surface area (Å²) in [5, 5.41) is 9.61. The van der Waals surface area contributed by atoms with E-state index in [1.165, 1.54) is 16.8 Å². The van der Waals surface area contributed by atoms with Gasteiger partial charge in [0.1, 0.15) is 17.6 Å². The average Bonchev–Trinajstić information content (AvgIpc) is 3.05. The van der Waals surface area contributed by atoms with E-state index in [0.29, 0.717) is 17.9 Å². The van der Waals surface area contributed by atoms with Gasteiger partial charge in [0.2, 0.25) is 0 Å². The highest BCUT2D eigenvalue weighted by Crippen LogP contribution is 2.30. The quantitative estimate of drug-likeness (QED) is 0.761. The number of benzene rings is 2. The number of aryl methyl sites for hydroxylation is 1. The van der Waals surface area contributed by atoms with Crippen LogP contribution >= 0.6 is 0 Å². The minimum atomic E-state index is 0.610. The molecule has 2 aromatic carbocycles. The molecule has 5 heteroatoms. The zero-order valence-electron chi connectivity index (χ0n) is 16.2. The SMILES string of the molecule is Cc1ccc(Cn2c(C#N)cc(N)c2N2CCN(c3ccccc3)CC2)cc1. The van der Waals surface area contributed by atoms with Crippen molar-refractivity contribution in [3.63, 3.8) is 0 Å². The van der Waals surface area contributed by atoms with Crippen molar-refractivity contribution >= 4 is 17.2 Å². The fourth-order valence-electron chi connectivity index (χ4n) is 3.86. The third kappa shape index (κ3) is 3.54. The Hall–Kier alpha value is -3.39. The van der Waals surface area contributed by atoms with E-state index in [2.05, 4.69) is 75.9 Å². The Balaban J connectivity index is 1.57. The monoisotopic (exact) mass is 371 g/mol.